The first-order valence-electron chi connectivity index (χ1n) is 9.05. The van der Waals surface area contributed by atoms with E-state index in [1.807, 2.05) is 6.08 Å². The Hall–Kier alpha value is -1.04. The fourth-order valence-corrected chi connectivity index (χ4v) is 2.78. The van der Waals surface area contributed by atoms with Gasteiger partial charge in [-0.05, 0) is 49.7 Å². The molecule has 0 heteroatoms. The Morgan fingerprint density at radius 3 is 1.71 bits per heavy atom. The predicted octanol–water partition coefficient (Wildman–Crippen LogP) is 6.88. The van der Waals surface area contributed by atoms with Gasteiger partial charge < -0.3 is 0 Å². The van der Waals surface area contributed by atoms with Gasteiger partial charge in [-0.25, -0.2) is 0 Å². The van der Waals surface area contributed by atoms with E-state index in [0.717, 1.165) is 6.42 Å². The lowest BCUT2D eigenvalue weighted by Gasteiger charge is -2.05. The van der Waals surface area contributed by atoms with E-state index in [1.165, 1.54) is 81.8 Å². The number of hydrogen-bond donors (Lipinski definition) is 0. The monoisotopic (exact) mass is 286 g/mol. The van der Waals surface area contributed by atoms with Gasteiger partial charge in [0.2, 0.25) is 0 Å². The number of allylic oxidation sites excluding steroid dienone is 1. The summed E-state index contributed by atoms with van der Waals surface area (Å²) in [4.78, 5) is 0. The molecule has 0 aromatic heterocycles. The quantitative estimate of drug-likeness (QED) is 0.274. The van der Waals surface area contributed by atoms with Crippen molar-refractivity contribution in [2.45, 2.75) is 84.0 Å². The van der Waals surface area contributed by atoms with Crippen LogP contribution in [0, 0.1) is 0 Å². The van der Waals surface area contributed by atoms with Gasteiger partial charge in [0.05, 0.1) is 0 Å². The second-order valence-corrected chi connectivity index (χ2v) is 6.22. The number of hydrogen-bond acceptors (Lipinski definition) is 0. The molecule has 0 atom stereocenters. The molecule has 0 saturated heterocycles. The Labute approximate surface area is 132 Å². The lowest BCUT2D eigenvalue weighted by molar-refractivity contribution is 0.607. The zero-order valence-corrected chi connectivity index (χ0v) is 14.1. The first-order chi connectivity index (χ1) is 10.4. The molecule has 118 valence electrons. The minimum absolute atomic E-state index is 1.16. The van der Waals surface area contributed by atoms with Crippen molar-refractivity contribution in [3.63, 3.8) is 0 Å². The topological polar surface area (TPSA) is 0 Å². The second kappa shape index (κ2) is 12.7. The van der Waals surface area contributed by atoms with Gasteiger partial charge in [0.1, 0.15) is 0 Å². The van der Waals surface area contributed by atoms with Crippen LogP contribution in [0.5, 0.6) is 0 Å². The van der Waals surface area contributed by atoms with Crippen molar-refractivity contribution in [3.8, 4) is 0 Å². The molecule has 0 radical (unpaired) electrons. The minimum atomic E-state index is 1.16. The van der Waals surface area contributed by atoms with Crippen molar-refractivity contribution in [1.29, 1.82) is 0 Å². The van der Waals surface area contributed by atoms with E-state index in [0.29, 0.717) is 0 Å². The standard InChI is InChI=1S/C21H34/c1-3-5-7-9-11-13-15-21-18-16-20(17-19-21)14-12-10-8-6-4-2/h4,16-19H,2-3,5-15H2,1H3. The molecule has 1 rings (SSSR count). The van der Waals surface area contributed by atoms with Gasteiger partial charge in [-0.15, -0.1) is 6.58 Å². The number of unbranched alkanes of at least 4 members (excludes halogenated alkanes) is 8. The van der Waals surface area contributed by atoms with Crippen molar-refractivity contribution < 1.29 is 0 Å². The number of benzene rings is 1. The highest BCUT2D eigenvalue weighted by Crippen LogP contribution is 2.13. The average molecular weight is 287 g/mol. The molecule has 0 aliphatic carbocycles. The fraction of sp³-hybridized carbons (Fsp3) is 0.619. The van der Waals surface area contributed by atoms with Crippen LogP contribution in [0.15, 0.2) is 36.9 Å². The maximum atomic E-state index is 3.77. The van der Waals surface area contributed by atoms with Crippen LogP contribution in [-0.2, 0) is 12.8 Å². The third-order valence-electron chi connectivity index (χ3n) is 4.22. The Bertz CT molecular complexity index is 347. The zero-order valence-electron chi connectivity index (χ0n) is 14.1. The van der Waals surface area contributed by atoms with Crippen molar-refractivity contribution in [2.75, 3.05) is 0 Å². The summed E-state index contributed by atoms with van der Waals surface area (Å²) in [6, 6.07) is 9.34. The molecule has 0 bridgehead atoms. The summed E-state index contributed by atoms with van der Waals surface area (Å²) in [6.07, 6.45) is 17.9. The molecule has 0 nitrogen and oxygen atoms in total. The SMILES string of the molecule is C=CCCCCCc1ccc(CCCCCCCC)cc1. The van der Waals surface area contributed by atoms with E-state index in [9.17, 15) is 0 Å². The maximum absolute atomic E-state index is 3.77. The first-order valence-corrected chi connectivity index (χ1v) is 9.05. The fourth-order valence-electron chi connectivity index (χ4n) is 2.78. The molecule has 0 aliphatic rings. The van der Waals surface area contributed by atoms with Crippen LogP contribution < -0.4 is 0 Å². The lowest BCUT2D eigenvalue weighted by atomic mass is 10.0. The highest BCUT2D eigenvalue weighted by molar-refractivity contribution is 5.22. The summed E-state index contributed by atoms with van der Waals surface area (Å²) in [7, 11) is 0. The highest BCUT2D eigenvalue weighted by atomic mass is 14.0. The van der Waals surface area contributed by atoms with Crippen molar-refractivity contribution in [1.82, 2.24) is 0 Å². The Morgan fingerprint density at radius 1 is 0.714 bits per heavy atom. The van der Waals surface area contributed by atoms with Gasteiger partial charge in [0.25, 0.3) is 0 Å². The van der Waals surface area contributed by atoms with E-state index in [-0.39, 0.29) is 0 Å². The summed E-state index contributed by atoms with van der Waals surface area (Å²) in [5, 5.41) is 0. The predicted molar refractivity (Wildman–Crippen MR) is 95.9 cm³/mol. The molecule has 0 unspecified atom stereocenters. The summed E-state index contributed by atoms with van der Waals surface area (Å²) in [5.41, 5.74) is 3.01. The molecule has 1 aromatic carbocycles. The molecule has 0 fully saturated rings. The summed E-state index contributed by atoms with van der Waals surface area (Å²) < 4.78 is 0. The zero-order chi connectivity index (χ0) is 15.2. The van der Waals surface area contributed by atoms with Crippen molar-refractivity contribution >= 4 is 0 Å². The molecule has 0 heterocycles. The van der Waals surface area contributed by atoms with Crippen LogP contribution >= 0.6 is 0 Å². The summed E-state index contributed by atoms with van der Waals surface area (Å²) >= 11 is 0. The van der Waals surface area contributed by atoms with E-state index < -0.39 is 0 Å². The molecule has 21 heavy (non-hydrogen) atoms. The van der Waals surface area contributed by atoms with Crippen LogP contribution in [0.4, 0.5) is 0 Å². The van der Waals surface area contributed by atoms with Crippen LogP contribution in [0.3, 0.4) is 0 Å². The first kappa shape index (κ1) is 18.0. The van der Waals surface area contributed by atoms with E-state index in [1.54, 1.807) is 0 Å². The molecule has 0 amide bonds. The van der Waals surface area contributed by atoms with E-state index in [2.05, 4.69) is 37.8 Å². The Morgan fingerprint density at radius 2 is 1.19 bits per heavy atom. The Balaban J connectivity index is 2.10. The smallest absolute Gasteiger partial charge is 0.0279 e. The normalized spacial score (nSPS) is 10.7. The molecule has 0 N–H and O–H groups in total. The van der Waals surface area contributed by atoms with Crippen LogP contribution in [0.1, 0.15) is 82.3 Å². The molecular weight excluding hydrogens is 252 g/mol. The molecule has 1 aromatic rings. The van der Waals surface area contributed by atoms with Crippen LogP contribution in [0.25, 0.3) is 0 Å². The third kappa shape index (κ3) is 9.50. The van der Waals surface area contributed by atoms with Gasteiger partial charge in [-0.2, -0.15) is 0 Å². The number of rotatable bonds is 13. The van der Waals surface area contributed by atoms with Gasteiger partial charge in [0.15, 0.2) is 0 Å². The summed E-state index contributed by atoms with van der Waals surface area (Å²) in [5.74, 6) is 0. The number of aryl methyl sites for hydroxylation is 2. The lowest BCUT2D eigenvalue weighted by Crippen LogP contribution is -1.89. The third-order valence-corrected chi connectivity index (χ3v) is 4.22. The van der Waals surface area contributed by atoms with Crippen molar-refractivity contribution in [2.24, 2.45) is 0 Å². The average Bonchev–Trinajstić information content (AvgIpc) is 2.52. The van der Waals surface area contributed by atoms with Gasteiger partial charge in [-0.1, -0.05) is 75.8 Å². The van der Waals surface area contributed by atoms with Crippen LogP contribution in [0.2, 0.25) is 0 Å². The largest absolute Gasteiger partial charge is 0.103 e. The van der Waals surface area contributed by atoms with E-state index in [4.69, 9.17) is 0 Å². The minimum Gasteiger partial charge on any atom is -0.103 e. The van der Waals surface area contributed by atoms with Gasteiger partial charge in [-0.3, -0.25) is 0 Å². The molecular formula is C21H34. The van der Waals surface area contributed by atoms with Gasteiger partial charge in [0, 0.05) is 0 Å². The molecule has 0 saturated carbocycles. The Kier molecular flexibility index (Phi) is 10.9. The summed E-state index contributed by atoms with van der Waals surface area (Å²) in [6.45, 7) is 6.05. The van der Waals surface area contributed by atoms with Crippen molar-refractivity contribution in [3.05, 3.63) is 48.0 Å². The van der Waals surface area contributed by atoms with E-state index >= 15 is 0 Å². The molecule has 0 aliphatic heterocycles. The van der Waals surface area contributed by atoms with Gasteiger partial charge >= 0.3 is 0 Å². The van der Waals surface area contributed by atoms with Crippen LogP contribution in [-0.4, -0.2) is 0 Å². The highest BCUT2D eigenvalue weighted by Gasteiger charge is 1.97. The second-order valence-electron chi connectivity index (χ2n) is 6.22. The molecule has 0 spiro atoms. The maximum Gasteiger partial charge on any atom is -0.0279 e.